The molecule has 2 saturated heterocycles. The molecule has 0 aliphatic carbocycles. The quantitative estimate of drug-likeness (QED) is 0.688. The summed E-state index contributed by atoms with van der Waals surface area (Å²) in [7, 11) is 1.87. The molecule has 2 rings (SSSR count). The minimum atomic E-state index is -0.713. The van der Waals surface area contributed by atoms with Crippen molar-refractivity contribution in [3.05, 3.63) is 0 Å². The molecule has 2 atom stereocenters. The smallest absolute Gasteiger partial charge is 0.320 e. The Kier molecular flexibility index (Phi) is 6.80. The maximum atomic E-state index is 10.5. The van der Waals surface area contributed by atoms with Gasteiger partial charge in [0.25, 0.3) is 0 Å². The van der Waals surface area contributed by atoms with E-state index in [0.29, 0.717) is 0 Å². The molecule has 2 fully saturated rings. The maximum absolute atomic E-state index is 10.5. The van der Waals surface area contributed by atoms with Crippen LogP contribution < -0.4 is 5.32 Å². The summed E-state index contributed by atoms with van der Waals surface area (Å²) in [6, 6.07) is -0.507. The van der Waals surface area contributed by atoms with Crippen LogP contribution in [0, 0.1) is 0 Å². The fourth-order valence-electron chi connectivity index (χ4n) is 2.45. The van der Waals surface area contributed by atoms with Crippen LogP contribution in [0.3, 0.4) is 0 Å². The lowest BCUT2D eigenvalue weighted by Crippen LogP contribution is -2.41. The number of aliphatic carboxylic acids is 2. The Balaban J connectivity index is 0.000000191. The summed E-state index contributed by atoms with van der Waals surface area (Å²) >= 11 is 0. The molecule has 2 heterocycles. The number of rotatable bonds is 2. The van der Waals surface area contributed by atoms with Gasteiger partial charge < -0.3 is 15.5 Å². The highest BCUT2D eigenvalue weighted by Gasteiger charge is 2.24. The number of carbonyl (C=O) groups is 2. The number of likely N-dealkylation sites (N-methyl/N-ethyl adjacent to an activating group) is 1. The zero-order chi connectivity index (χ0) is 14.3. The number of hydrogen-bond acceptors (Lipinski definition) is 4. The Morgan fingerprint density at radius 1 is 1.05 bits per heavy atom. The third kappa shape index (κ3) is 5.57. The molecule has 0 aromatic carbocycles. The molecule has 0 amide bonds. The first kappa shape index (κ1) is 15.9. The number of piperidine rings is 2. The largest absolute Gasteiger partial charge is 0.480 e. The van der Waals surface area contributed by atoms with Gasteiger partial charge in [0.1, 0.15) is 12.1 Å². The lowest BCUT2D eigenvalue weighted by atomic mass is 10.0. The summed E-state index contributed by atoms with van der Waals surface area (Å²) in [4.78, 5) is 22.7. The molecule has 0 aromatic heterocycles. The van der Waals surface area contributed by atoms with Crippen LogP contribution in [0.1, 0.15) is 38.5 Å². The van der Waals surface area contributed by atoms with E-state index in [0.717, 1.165) is 51.6 Å². The van der Waals surface area contributed by atoms with E-state index in [1.54, 1.807) is 0 Å². The Morgan fingerprint density at radius 2 is 1.74 bits per heavy atom. The molecule has 0 saturated carbocycles. The predicted octanol–water partition coefficient (Wildman–Crippen LogP) is 0.768. The van der Waals surface area contributed by atoms with Gasteiger partial charge in [-0.15, -0.1) is 0 Å². The Labute approximate surface area is 113 Å². The second-order valence-electron chi connectivity index (χ2n) is 5.17. The molecule has 0 bridgehead atoms. The summed E-state index contributed by atoms with van der Waals surface area (Å²) < 4.78 is 0. The van der Waals surface area contributed by atoms with Crippen molar-refractivity contribution in [3.63, 3.8) is 0 Å². The fraction of sp³-hybridized carbons (Fsp3) is 0.846. The van der Waals surface area contributed by atoms with Gasteiger partial charge in [-0.3, -0.25) is 14.5 Å². The van der Waals surface area contributed by atoms with Gasteiger partial charge in [0.15, 0.2) is 0 Å². The van der Waals surface area contributed by atoms with Crippen molar-refractivity contribution < 1.29 is 19.8 Å². The molecule has 0 aromatic rings. The van der Waals surface area contributed by atoms with E-state index in [2.05, 4.69) is 5.32 Å². The topological polar surface area (TPSA) is 89.9 Å². The molecule has 6 nitrogen and oxygen atoms in total. The van der Waals surface area contributed by atoms with Gasteiger partial charge in [-0.1, -0.05) is 12.8 Å². The Morgan fingerprint density at radius 3 is 2.11 bits per heavy atom. The zero-order valence-corrected chi connectivity index (χ0v) is 11.5. The molecule has 0 radical (unpaired) electrons. The van der Waals surface area contributed by atoms with Crippen molar-refractivity contribution in [3.8, 4) is 0 Å². The molecule has 6 heteroatoms. The first-order chi connectivity index (χ1) is 9.02. The highest BCUT2D eigenvalue weighted by atomic mass is 16.4. The van der Waals surface area contributed by atoms with E-state index in [9.17, 15) is 9.59 Å². The number of carboxylic acid groups (broad SMARTS) is 2. The summed E-state index contributed by atoms with van der Waals surface area (Å²) in [6.07, 6.45) is 5.95. The Bertz CT molecular complexity index is 303. The van der Waals surface area contributed by atoms with Crippen LogP contribution in [0.15, 0.2) is 0 Å². The fourth-order valence-corrected chi connectivity index (χ4v) is 2.45. The normalized spacial score (nSPS) is 28.1. The molecular weight excluding hydrogens is 248 g/mol. The molecule has 0 spiro atoms. The van der Waals surface area contributed by atoms with Crippen LogP contribution in [0.25, 0.3) is 0 Å². The first-order valence-corrected chi connectivity index (χ1v) is 6.91. The van der Waals surface area contributed by atoms with Gasteiger partial charge in [-0.25, -0.2) is 0 Å². The Hall–Kier alpha value is -1.14. The van der Waals surface area contributed by atoms with Gasteiger partial charge in [-0.05, 0) is 45.8 Å². The molecular formula is C13H24N2O4. The summed E-state index contributed by atoms with van der Waals surface area (Å²) in [5.74, 6) is -1.39. The van der Waals surface area contributed by atoms with Gasteiger partial charge in [0.05, 0.1) is 0 Å². The van der Waals surface area contributed by atoms with Crippen molar-refractivity contribution in [2.75, 3.05) is 20.1 Å². The third-order valence-electron chi connectivity index (χ3n) is 3.66. The van der Waals surface area contributed by atoms with E-state index in [4.69, 9.17) is 10.2 Å². The van der Waals surface area contributed by atoms with Gasteiger partial charge >= 0.3 is 11.9 Å². The highest BCUT2D eigenvalue weighted by Crippen LogP contribution is 2.14. The number of likely N-dealkylation sites (tertiary alicyclic amines) is 1. The number of carboxylic acids is 2. The molecule has 110 valence electrons. The van der Waals surface area contributed by atoms with Crippen molar-refractivity contribution in [2.45, 2.75) is 50.6 Å². The van der Waals surface area contributed by atoms with E-state index in [1.165, 1.54) is 0 Å². The minimum Gasteiger partial charge on any atom is -0.480 e. The summed E-state index contributed by atoms with van der Waals surface area (Å²) in [5, 5.41) is 20.1. The van der Waals surface area contributed by atoms with Crippen LogP contribution >= 0.6 is 0 Å². The molecule has 2 aliphatic heterocycles. The van der Waals surface area contributed by atoms with Gasteiger partial charge in [0.2, 0.25) is 0 Å². The van der Waals surface area contributed by atoms with E-state index in [1.807, 2.05) is 11.9 Å². The number of hydrogen-bond donors (Lipinski definition) is 3. The molecule has 3 N–H and O–H groups in total. The molecule has 1 unspecified atom stereocenters. The highest BCUT2D eigenvalue weighted by molar-refractivity contribution is 5.73. The second-order valence-corrected chi connectivity index (χ2v) is 5.17. The molecule has 2 aliphatic rings. The van der Waals surface area contributed by atoms with Gasteiger partial charge in [-0.2, -0.15) is 0 Å². The lowest BCUT2D eigenvalue weighted by molar-refractivity contribution is -0.144. The predicted molar refractivity (Wildman–Crippen MR) is 71.2 cm³/mol. The second kappa shape index (κ2) is 8.12. The third-order valence-corrected chi connectivity index (χ3v) is 3.66. The lowest BCUT2D eigenvalue weighted by Gasteiger charge is -2.28. The number of nitrogens with zero attached hydrogens (tertiary/aromatic N) is 1. The van der Waals surface area contributed by atoms with Crippen LogP contribution in [0.5, 0.6) is 0 Å². The van der Waals surface area contributed by atoms with Crippen LogP contribution in [-0.2, 0) is 9.59 Å². The first-order valence-electron chi connectivity index (χ1n) is 6.91. The van der Waals surface area contributed by atoms with Crippen LogP contribution in [0.4, 0.5) is 0 Å². The minimum absolute atomic E-state index is 0.228. The number of nitrogens with one attached hydrogen (secondary N) is 1. The van der Waals surface area contributed by atoms with E-state index >= 15 is 0 Å². The van der Waals surface area contributed by atoms with Crippen LogP contribution in [-0.4, -0.2) is 59.3 Å². The zero-order valence-electron chi connectivity index (χ0n) is 11.5. The van der Waals surface area contributed by atoms with Crippen molar-refractivity contribution in [1.82, 2.24) is 10.2 Å². The summed E-state index contributed by atoms with van der Waals surface area (Å²) in [5.41, 5.74) is 0. The van der Waals surface area contributed by atoms with E-state index in [-0.39, 0.29) is 12.1 Å². The monoisotopic (exact) mass is 272 g/mol. The average Bonchev–Trinajstić information content (AvgIpc) is 2.40. The van der Waals surface area contributed by atoms with E-state index < -0.39 is 11.9 Å². The average molecular weight is 272 g/mol. The maximum Gasteiger partial charge on any atom is 0.320 e. The van der Waals surface area contributed by atoms with Gasteiger partial charge in [0, 0.05) is 0 Å². The SMILES string of the molecule is CN1CCCC[C@@H]1C(=O)O.O=C(O)C1CCCCN1. The van der Waals surface area contributed by atoms with Crippen molar-refractivity contribution in [2.24, 2.45) is 0 Å². The van der Waals surface area contributed by atoms with Crippen molar-refractivity contribution in [1.29, 1.82) is 0 Å². The molecule has 19 heavy (non-hydrogen) atoms. The van der Waals surface area contributed by atoms with Crippen LogP contribution in [0.2, 0.25) is 0 Å². The standard InChI is InChI=1S/C7H13NO2.C6H11NO2/c1-8-5-3-2-4-6(8)7(9)10;8-6(9)5-3-1-2-4-7-5/h6H,2-5H2,1H3,(H,9,10);5,7H,1-4H2,(H,8,9)/t6-;/m1./s1. The van der Waals surface area contributed by atoms with Crippen molar-refractivity contribution >= 4 is 11.9 Å². The summed E-state index contributed by atoms with van der Waals surface area (Å²) in [6.45, 7) is 1.79.